The molecule has 3 nitrogen and oxygen atoms in total. The Morgan fingerprint density at radius 2 is 1.61 bits per heavy atom. The highest BCUT2D eigenvalue weighted by Gasteiger charge is 2.27. The highest BCUT2D eigenvalue weighted by Crippen LogP contribution is 2.21. The molecule has 1 atom stereocenters. The molecule has 0 radical (unpaired) electrons. The molecule has 0 unspecified atom stereocenters. The van der Waals surface area contributed by atoms with Crippen molar-refractivity contribution >= 4 is 5.69 Å². The topological polar surface area (TPSA) is 9.72 Å². The highest BCUT2D eigenvalue weighted by atomic mass is 19.1. The van der Waals surface area contributed by atoms with Crippen LogP contribution in [0.15, 0.2) is 54.6 Å². The molecule has 2 aromatic carbocycles. The SMILES string of the molecule is Fc1ccc(N2CCN([C@H]3CCCN(CCCc4ccccc4)C3)CC2)cc1. The van der Waals surface area contributed by atoms with Crippen LogP contribution in [-0.4, -0.2) is 61.7 Å². The molecule has 4 heteroatoms. The van der Waals surface area contributed by atoms with Crippen molar-refractivity contribution in [2.75, 3.05) is 50.7 Å². The number of hydrogen-bond donors (Lipinski definition) is 0. The molecular formula is C24H32FN3. The van der Waals surface area contributed by atoms with Gasteiger partial charge in [-0.2, -0.15) is 0 Å². The van der Waals surface area contributed by atoms with E-state index in [1.54, 1.807) is 12.1 Å². The fourth-order valence-corrected chi connectivity index (χ4v) is 4.68. The normalized spacial score (nSPS) is 21.8. The van der Waals surface area contributed by atoms with Crippen LogP contribution in [0.2, 0.25) is 0 Å². The first kappa shape index (κ1) is 19.4. The van der Waals surface area contributed by atoms with Gasteiger partial charge in [0, 0.05) is 44.5 Å². The van der Waals surface area contributed by atoms with Crippen LogP contribution in [0.5, 0.6) is 0 Å². The molecule has 2 fully saturated rings. The molecular weight excluding hydrogens is 349 g/mol. The lowest BCUT2D eigenvalue weighted by molar-refractivity contribution is 0.0920. The average molecular weight is 382 g/mol. The van der Waals surface area contributed by atoms with Gasteiger partial charge < -0.3 is 9.80 Å². The van der Waals surface area contributed by atoms with E-state index in [1.807, 2.05) is 12.1 Å². The summed E-state index contributed by atoms with van der Waals surface area (Å²) in [6.07, 6.45) is 5.06. The standard InChI is InChI=1S/C24H32FN3/c25-22-10-12-23(13-11-22)27-16-18-28(19-17-27)24-9-5-15-26(20-24)14-4-8-21-6-2-1-3-7-21/h1-3,6-7,10-13,24H,4-5,8-9,14-20H2/t24-/m0/s1. The third kappa shape index (κ3) is 5.12. The Bertz CT molecular complexity index is 710. The van der Waals surface area contributed by atoms with Gasteiger partial charge in [0.25, 0.3) is 0 Å². The van der Waals surface area contributed by atoms with Gasteiger partial charge in [0.05, 0.1) is 0 Å². The summed E-state index contributed by atoms with van der Waals surface area (Å²) in [4.78, 5) is 7.74. The van der Waals surface area contributed by atoms with Crippen molar-refractivity contribution in [3.8, 4) is 0 Å². The molecule has 150 valence electrons. The minimum atomic E-state index is -0.156. The van der Waals surface area contributed by atoms with E-state index in [0.717, 1.165) is 31.9 Å². The molecule has 0 aromatic heterocycles. The van der Waals surface area contributed by atoms with Crippen LogP contribution in [0, 0.1) is 5.82 Å². The molecule has 2 aliphatic heterocycles. The van der Waals surface area contributed by atoms with Crippen LogP contribution in [0.25, 0.3) is 0 Å². The molecule has 0 bridgehead atoms. The zero-order valence-electron chi connectivity index (χ0n) is 16.8. The van der Waals surface area contributed by atoms with Crippen molar-refractivity contribution in [1.29, 1.82) is 0 Å². The summed E-state index contributed by atoms with van der Waals surface area (Å²) in [5, 5.41) is 0. The summed E-state index contributed by atoms with van der Waals surface area (Å²) in [6.45, 7) is 7.97. The zero-order chi connectivity index (χ0) is 19.2. The number of likely N-dealkylation sites (tertiary alicyclic amines) is 1. The smallest absolute Gasteiger partial charge is 0.123 e. The average Bonchev–Trinajstić information content (AvgIpc) is 2.75. The second kappa shape index (κ2) is 9.53. The van der Waals surface area contributed by atoms with Gasteiger partial charge in [0.1, 0.15) is 5.82 Å². The summed E-state index contributed by atoms with van der Waals surface area (Å²) >= 11 is 0. The molecule has 4 rings (SSSR count). The predicted octanol–water partition coefficient (Wildman–Crippen LogP) is 4.04. The number of anilines is 1. The van der Waals surface area contributed by atoms with Gasteiger partial charge in [-0.1, -0.05) is 30.3 Å². The van der Waals surface area contributed by atoms with E-state index in [1.165, 1.54) is 50.9 Å². The third-order valence-corrected chi connectivity index (χ3v) is 6.29. The number of piperazine rings is 1. The Morgan fingerprint density at radius 3 is 2.36 bits per heavy atom. The van der Waals surface area contributed by atoms with Crippen molar-refractivity contribution < 1.29 is 4.39 Å². The Labute approximate surface area is 168 Å². The molecule has 0 saturated carbocycles. The molecule has 2 heterocycles. The number of nitrogens with zero attached hydrogens (tertiary/aromatic N) is 3. The molecule has 28 heavy (non-hydrogen) atoms. The molecule has 2 aliphatic rings. The zero-order valence-corrected chi connectivity index (χ0v) is 16.8. The van der Waals surface area contributed by atoms with Crippen molar-refractivity contribution in [3.63, 3.8) is 0 Å². The lowest BCUT2D eigenvalue weighted by Gasteiger charge is -2.44. The monoisotopic (exact) mass is 381 g/mol. The van der Waals surface area contributed by atoms with Gasteiger partial charge in [-0.05, 0) is 68.6 Å². The molecule has 0 aliphatic carbocycles. The summed E-state index contributed by atoms with van der Waals surface area (Å²) in [5.41, 5.74) is 2.60. The lowest BCUT2D eigenvalue weighted by atomic mass is 10.0. The number of halogens is 1. The van der Waals surface area contributed by atoms with Crippen molar-refractivity contribution in [2.45, 2.75) is 31.7 Å². The first-order chi connectivity index (χ1) is 13.8. The van der Waals surface area contributed by atoms with E-state index in [2.05, 4.69) is 45.0 Å². The van der Waals surface area contributed by atoms with Gasteiger partial charge in [0.2, 0.25) is 0 Å². The maximum absolute atomic E-state index is 13.1. The van der Waals surface area contributed by atoms with Gasteiger partial charge in [-0.25, -0.2) is 4.39 Å². The summed E-state index contributed by atoms with van der Waals surface area (Å²) < 4.78 is 13.1. The van der Waals surface area contributed by atoms with Gasteiger partial charge in [-0.15, -0.1) is 0 Å². The third-order valence-electron chi connectivity index (χ3n) is 6.29. The Balaban J connectivity index is 1.22. The molecule has 0 amide bonds. The van der Waals surface area contributed by atoms with E-state index in [4.69, 9.17) is 0 Å². The number of rotatable bonds is 6. The molecule has 0 N–H and O–H groups in total. The Hall–Kier alpha value is -1.91. The van der Waals surface area contributed by atoms with E-state index in [9.17, 15) is 4.39 Å². The quantitative estimate of drug-likeness (QED) is 0.748. The Morgan fingerprint density at radius 1 is 0.857 bits per heavy atom. The second-order valence-corrected chi connectivity index (χ2v) is 8.19. The van der Waals surface area contributed by atoms with Gasteiger partial charge in [0.15, 0.2) is 0 Å². The van der Waals surface area contributed by atoms with Crippen LogP contribution in [0.1, 0.15) is 24.8 Å². The van der Waals surface area contributed by atoms with Crippen molar-refractivity contribution in [3.05, 3.63) is 66.0 Å². The van der Waals surface area contributed by atoms with Crippen LogP contribution in [-0.2, 0) is 6.42 Å². The molecule has 2 aromatic rings. The van der Waals surface area contributed by atoms with Crippen molar-refractivity contribution in [2.24, 2.45) is 0 Å². The summed E-state index contributed by atoms with van der Waals surface area (Å²) in [6, 6.07) is 18.5. The summed E-state index contributed by atoms with van der Waals surface area (Å²) in [5.74, 6) is -0.156. The largest absolute Gasteiger partial charge is 0.369 e. The van der Waals surface area contributed by atoms with E-state index in [0.29, 0.717) is 6.04 Å². The molecule has 0 spiro atoms. The fourth-order valence-electron chi connectivity index (χ4n) is 4.68. The number of benzene rings is 2. The fraction of sp³-hybridized carbons (Fsp3) is 0.500. The maximum Gasteiger partial charge on any atom is 0.123 e. The van der Waals surface area contributed by atoms with E-state index < -0.39 is 0 Å². The molecule has 2 saturated heterocycles. The van der Waals surface area contributed by atoms with Crippen LogP contribution >= 0.6 is 0 Å². The van der Waals surface area contributed by atoms with Crippen molar-refractivity contribution in [1.82, 2.24) is 9.80 Å². The maximum atomic E-state index is 13.1. The predicted molar refractivity (Wildman–Crippen MR) is 114 cm³/mol. The Kier molecular flexibility index (Phi) is 6.61. The lowest BCUT2D eigenvalue weighted by Crippen LogP contribution is -2.55. The number of hydrogen-bond acceptors (Lipinski definition) is 3. The van der Waals surface area contributed by atoms with Crippen LogP contribution in [0.3, 0.4) is 0 Å². The first-order valence-electron chi connectivity index (χ1n) is 10.8. The van der Waals surface area contributed by atoms with Crippen LogP contribution < -0.4 is 4.90 Å². The minimum absolute atomic E-state index is 0.156. The highest BCUT2D eigenvalue weighted by molar-refractivity contribution is 5.46. The minimum Gasteiger partial charge on any atom is -0.369 e. The van der Waals surface area contributed by atoms with Gasteiger partial charge >= 0.3 is 0 Å². The van der Waals surface area contributed by atoms with Crippen LogP contribution in [0.4, 0.5) is 10.1 Å². The van der Waals surface area contributed by atoms with E-state index in [-0.39, 0.29) is 5.82 Å². The number of piperidine rings is 1. The first-order valence-corrected chi connectivity index (χ1v) is 10.8. The number of aryl methyl sites for hydroxylation is 1. The van der Waals surface area contributed by atoms with E-state index >= 15 is 0 Å². The second-order valence-electron chi connectivity index (χ2n) is 8.19. The van der Waals surface area contributed by atoms with Gasteiger partial charge in [-0.3, -0.25) is 4.90 Å². The summed E-state index contributed by atoms with van der Waals surface area (Å²) in [7, 11) is 0.